The first-order chi connectivity index (χ1) is 14.5. The third-order valence-electron chi connectivity index (χ3n) is 8.68. The van der Waals surface area contributed by atoms with Gasteiger partial charge in [0, 0.05) is 7.11 Å². The minimum atomic E-state index is -0.629. The van der Waals surface area contributed by atoms with Crippen LogP contribution in [0.15, 0.2) is 23.3 Å². The number of fused-ring (bicyclic) bond motifs is 1. The average Bonchev–Trinajstić information content (AvgIpc) is 3.02. The third-order valence-corrected chi connectivity index (χ3v) is 8.68. The van der Waals surface area contributed by atoms with Crippen LogP contribution in [-0.2, 0) is 4.74 Å². The van der Waals surface area contributed by atoms with Crippen molar-refractivity contribution < 1.29 is 20.1 Å². The van der Waals surface area contributed by atoms with E-state index < -0.39 is 23.9 Å². The second-order valence-electron chi connectivity index (χ2n) is 11.6. The molecule has 3 rings (SSSR count). The predicted octanol–water partition coefficient (Wildman–Crippen LogP) is 5.16. The maximum Gasteiger partial charge on any atom is 0.109 e. The highest BCUT2D eigenvalue weighted by Crippen LogP contribution is 2.60. The van der Waals surface area contributed by atoms with Gasteiger partial charge in [-0.2, -0.15) is 0 Å². The molecule has 3 aliphatic carbocycles. The summed E-state index contributed by atoms with van der Waals surface area (Å²) >= 11 is 0. The SMILES string of the molecule is COC1[C@H](O)CC(=C/C=C2\CCC[C@]3(C)[C@@H]([C@H](C)CCCC(C)(C)O)CC[C@@H]23)C[C@H]1O. The zero-order chi connectivity index (χ0) is 22.8. The van der Waals surface area contributed by atoms with Crippen molar-refractivity contribution in [2.45, 2.75) is 116 Å². The van der Waals surface area contributed by atoms with Crippen LogP contribution >= 0.6 is 0 Å². The number of hydrogen-bond donors (Lipinski definition) is 3. The van der Waals surface area contributed by atoms with E-state index in [0.29, 0.717) is 30.1 Å². The van der Waals surface area contributed by atoms with E-state index in [0.717, 1.165) is 24.3 Å². The van der Waals surface area contributed by atoms with E-state index in [4.69, 9.17) is 4.74 Å². The quantitative estimate of drug-likeness (QED) is 0.517. The molecule has 0 radical (unpaired) electrons. The molecule has 0 aliphatic heterocycles. The Kier molecular flexibility index (Phi) is 8.11. The summed E-state index contributed by atoms with van der Waals surface area (Å²) in [6, 6.07) is 0. The molecule has 31 heavy (non-hydrogen) atoms. The molecule has 0 spiro atoms. The molecule has 0 aromatic carbocycles. The van der Waals surface area contributed by atoms with Crippen molar-refractivity contribution >= 4 is 0 Å². The van der Waals surface area contributed by atoms with Gasteiger partial charge in [-0.15, -0.1) is 0 Å². The number of allylic oxidation sites excluding steroid dienone is 3. The first-order valence-electron chi connectivity index (χ1n) is 12.5. The van der Waals surface area contributed by atoms with Crippen LogP contribution in [0.25, 0.3) is 0 Å². The van der Waals surface area contributed by atoms with E-state index >= 15 is 0 Å². The van der Waals surface area contributed by atoms with Crippen molar-refractivity contribution in [3.05, 3.63) is 23.3 Å². The van der Waals surface area contributed by atoms with Crippen LogP contribution in [0.3, 0.4) is 0 Å². The van der Waals surface area contributed by atoms with Crippen LogP contribution in [0.1, 0.15) is 91.9 Å². The van der Waals surface area contributed by atoms with Crippen molar-refractivity contribution in [2.24, 2.45) is 23.2 Å². The standard InChI is InChI=1S/C27H46O4/c1-18(8-6-14-26(2,3)30)21-12-13-22-20(9-7-15-27(21,22)4)11-10-19-16-23(28)25(31-5)24(29)17-19/h10-11,18,21-25,28-30H,6-9,12-17H2,1-5H3/b19-10?,20-11+/t18-,21-,22+,23-,24-,25?,27-/m1/s1. The maximum absolute atomic E-state index is 10.3. The first kappa shape index (κ1) is 25.0. The van der Waals surface area contributed by atoms with Gasteiger partial charge in [0.05, 0.1) is 17.8 Å². The van der Waals surface area contributed by atoms with E-state index in [1.807, 2.05) is 13.8 Å². The van der Waals surface area contributed by atoms with Gasteiger partial charge in [-0.1, -0.05) is 50.0 Å². The maximum atomic E-state index is 10.3. The molecule has 0 amide bonds. The lowest BCUT2D eigenvalue weighted by atomic mass is 9.60. The van der Waals surface area contributed by atoms with Crippen molar-refractivity contribution in [1.82, 2.24) is 0 Å². The van der Waals surface area contributed by atoms with Crippen LogP contribution in [0.4, 0.5) is 0 Å². The highest BCUT2D eigenvalue weighted by atomic mass is 16.5. The number of methoxy groups -OCH3 is 1. The van der Waals surface area contributed by atoms with Gasteiger partial charge in [-0.3, -0.25) is 0 Å². The Bertz CT molecular complexity index is 647. The second-order valence-corrected chi connectivity index (χ2v) is 11.6. The summed E-state index contributed by atoms with van der Waals surface area (Å²) in [4.78, 5) is 0. The van der Waals surface area contributed by atoms with Crippen LogP contribution in [0.2, 0.25) is 0 Å². The number of aliphatic hydroxyl groups excluding tert-OH is 2. The summed E-state index contributed by atoms with van der Waals surface area (Å²) in [6.45, 7) is 8.78. The molecule has 4 heteroatoms. The number of ether oxygens (including phenoxy) is 1. The largest absolute Gasteiger partial charge is 0.390 e. The van der Waals surface area contributed by atoms with Gasteiger partial charge in [0.15, 0.2) is 0 Å². The zero-order valence-corrected chi connectivity index (χ0v) is 20.4. The highest BCUT2D eigenvalue weighted by molar-refractivity contribution is 5.26. The van der Waals surface area contributed by atoms with Gasteiger partial charge in [-0.05, 0) is 88.4 Å². The fourth-order valence-electron chi connectivity index (χ4n) is 7.06. The first-order valence-corrected chi connectivity index (χ1v) is 12.5. The molecule has 3 fully saturated rings. The average molecular weight is 435 g/mol. The molecule has 3 aliphatic rings. The number of hydrogen-bond acceptors (Lipinski definition) is 4. The molecule has 0 aromatic heterocycles. The minimum Gasteiger partial charge on any atom is -0.390 e. The van der Waals surface area contributed by atoms with Crippen LogP contribution in [-0.4, -0.2) is 46.3 Å². The molecule has 4 nitrogen and oxygen atoms in total. The van der Waals surface area contributed by atoms with Gasteiger partial charge in [-0.25, -0.2) is 0 Å². The van der Waals surface area contributed by atoms with Gasteiger partial charge in [0.2, 0.25) is 0 Å². The lowest BCUT2D eigenvalue weighted by molar-refractivity contribution is -0.0923. The topological polar surface area (TPSA) is 69.9 Å². The molecular formula is C27H46O4. The molecule has 3 N–H and O–H groups in total. The van der Waals surface area contributed by atoms with E-state index in [9.17, 15) is 15.3 Å². The summed E-state index contributed by atoms with van der Waals surface area (Å²) in [5.74, 6) is 2.12. The Balaban J connectivity index is 1.66. The van der Waals surface area contributed by atoms with E-state index in [1.54, 1.807) is 12.7 Å². The Morgan fingerprint density at radius 2 is 1.84 bits per heavy atom. The smallest absolute Gasteiger partial charge is 0.109 e. The minimum absolute atomic E-state index is 0.378. The molecule has 0 aromatic rings. The van der Waals surface area contributed by atoms with Crippen LogP contribution in [0.5, 0.6) is 0 Å². The molecule has 0 bridgehead atoms. The summed E-state index contributed by atoms with van der Waals surface area (Å²) in [6.07, 6.45) is 13.5. The summed E-state index contributed by atoms with van der Waals surface area (Å²) < 4.78 is 5.25. The number of aliphatic hydroxyl groups is 3. The zero-order valence-electron chi connectivity index (χ0n) is 20.4. The summed E-state index contributed by atoms with van der Waals surface area (Å²) in [7, 11) is 1.55. The van der Waals surface area contributed by atoms with Gasteiger partial charge in [0.1, 0.15) is 6.10 Å². The third kappa shape index (κ3) is 5.82. The molecule has 0 heterocycles. The molecule has 6 atom stereocenters. The molecular weight excluding hydrogens is 388 g/mol. The second kappa shape index (κ2) is 10.1. The van der Waals surface area contributed by atoms with Crippen molar-refractivity contribution in [3.63, 3.8) is 0 Å². The lowest BCUT2D eigenvalue weighted by Crippen LogP contribution is -2.43. The normalized spacial score (nSPS) is 38.9. The highest BCUT2D eigenvalue weighted by Gasteiger charge is 2.50. The van der Waals surface area contributed by atoms with E-state index in [1.165, 1.54) is 38.5 Å². The number of rotatable bonds is 7. The Morgan fingerprint density at radius 3 is 2.45 bits per heavy atom. The van der Waals surface area contributed by atoms with E-state index in [-0.39, 0.29) is 0 Å². The Morgan fingerprint density at radius 1 is 1.16 bits per heavy atom. The van der Waals surface area contributed by atoms with Gasteiger partial charge in [0.25, 0.3) is 0 Å². The Labute approximate surface area is 189 Å². The molecule has 0 unspecified atom stereocenters. The molecule has 0 saturated heterocycles. The fraction of sp³-hybridized carbons (Fsp3) is 0.852. The fourth-order valence-corrected chi connectivity index (χ4v) is 7.06. The summed E-state index contributed by atoms with van der Waals surface area (Å²) in [5.41, 5.74) is 2.52. The van der Waals surface area contributed by atoms with Gasteiger partial charge < -0.3 is 20.1 Å². The predicted molar refractivity (Wildman–Crippen MR) is 126 cm³/mol. The van der Waals surface area contributed by atoms with Crippen molar-refractivity contribution in [1.29, 1.82) is 0 Å². The Hall–Kier alpha value is -0.680. The molecule has 3 saturated carbocycles. The van der Waals surface area contributed by atoms with Crippen molar-refractivity contribution in [3.8, 4) is 0 Å². The van der Waals surface area contributed by atoms with Crippen molar-refractivity contribution in [2.75, 3.05) is 7.11 Å². The van der Waals surface area contributed by atoms with E-state index in [2.05, 4.69) is 26.0 Å². The van der Waals surface area contributed by atoms with Gasteiger partial charge >= 0.3 is 0 Å². The lowest BCUT2D eigenvalue weighted by Gasteiger charge is -2.44. The monoisotopic (exact) mass is 434 g/mol. The van der Waals surface area contributed by atoms with Crippen LogP contribution < -0.4 is 0 Å². The van der Waals surface area contributed by atoms with Crippen LogP contribution in [0, 0.1) is 23.2 Å². The molecule has 178 valence electrons. The summed E-state index contributed by atoms with van der Waals surface area (Å²) in [5, 5.41) is 30.6.